The van der Waals surface area contributed by atoms with Crippen LogP contribution in [0.5, 0.6) is 0 Å². The van der Waals surface area contributed by atoms with Crippen LogP contribution in [0, 0.1) is 6.92 Å². The van der Waals surface area contributed by atoms with Gasteiger partial charge in [-0.05, 0) is 38.9 Å². The lowest BCUT2D eigenvalue weighted by Gasteiger charge is -2.30. The van der Waals surface area contributed by atoms with E-state index >= 15 is 0 Å². The summed E-state index contributed by atoms with van der Waals surface area (Å²) in [6.07, 6.45) is 5.13. The molecule has 1 fully saturated rings. The molecule has 0 atom stereocenters. The molecule has 0 amide bonds. The molecule has 2 aromatic rings. The lowest BCUT2D eigenvalue weighted by Crippen LogP contribution is -2.34. The SMILES string of the molecule is Cc1noc(C2CCN(CCc3ccnn3C)CC2)n1. The number of aryl methyl sites for hydroxylation is 2. The van der Waals surface area contributed by atoms with Gasteiger partial charge in [0.15, 0.2) is 5.82 Å². The van der Waals surface area contributed by atoms with Crippen molar-refractivity contribution in [3.8, 4) is 0 Å². The van der Waals surface area contributed by atoms with Crippen molar-refractivity contribution in [1.82, 2.24) is 24.8 Å². The van der Waals surface area contributed by atoms with Crippen molar-refractivity contribution in [3.63, 3.8) is 0 Å². The van der Waals surface area contributed by atoms with E-state index in [2.05, 4.69) is 26.2 Å². The van der Waals surface area contributed by atoms with E-state index in [1.165, 1.54) is 5.69 Å². The maximum absolute atomic E-state index is 5.28. The Morgan fingerprint density at radius 2 is 2.15 bits per heavy atom. The lowest BCUT2D eigenvalue weighted by atomic mass is 9.96. The van der Waals surface area contributed by atoms with Gasteiger partial charge in [-0.3, -0.25) is 4.68 Å². The fourth-order valence-corrected chi connectivity index (χ4v) is 2.80. The molecule has 0 spiro atoms. The summed E-state index contributed by atoms with van der Waals surface area (Å²) in [7, 11) is 2.00. The minimum atomic E-state index is 0.434. The Hall–Kier alpha value is -1.69. The highest BCUT2D eigenvalue weighted by atomic mass is 16.5. The van der Waals surface area contributed by atoms with Crippen LogP contribution in [0.1, 0.15) is 36.2 Å². The van der Waals surface area contributed by atoms with Crippen molar-refractivity contribution in [3.05, 3.63) is 29.7 Å². The van der Waals surface area contributed by atoms with E-state index in [0.29, 0.717) is 5.92 Å². The molecule has 3 heterocycles. The maximum Gasteiger partial charge on any atom is 0.229 e. The van der Waals surface area contributed by atoms with Gasteiger partial charge < -0.3 is 9.42 Å². The zero-order valence-corrected chi connectivity index (χ0v) is 12.1. The number of aromatic nitrogens is 4. The highest BCUT2D eigenvalue weighted by Crippen LogP contribution is 2.26. The molecule has 0 radical (unpaired) electrons. The van der Waals surface area contributed by atoms with Gasteiger partial charge in [0.2, 0.25) is 5.89 Å². The molecule has 6 nitrogen and oxygen atoms in total. The normalized spacial score (nSPS) is 17.7. The van der Waals surface area contributed by atoms with Gasteiger partial charge in [-0.2, -0.15) is 10.1 Å². The smallest absolute Gasteiger partial charge is 0.229 e. The van der Waals surface area contributed by atoms with Gasteiger partial charge in [0.1, 0.15) is 0 Å². The summed E-state index contributed by atoms with van der Waals surface area (Å²) in [5.74, 6) is 1.98. The summed E-state index contributed by atoms with van der Waals surface area (Å²) in [6, 6.07) is 2.09. The largest absolute Gasteiger partial charge is 0.339 e. The number of hydrogen-bond acceptors (Lipinski definition) is 5. The summed E-state index contributed by atoms with van der Waals surface area (Å²) in [5.41, 5.74) is 1.29. The summed E-state index contributed by atoms with van der Waals surface area (Å²) in [5, 5.41) is 8.09. The lowest BCUT2D eigenvalue weighted by molar-refractivity contribution is 0.195. The fourth-order valence-electron chi connectivity index (χ4n) is 2.80. The van der Waals surface area contributed by atoms with Crippen LogP contribution in [0.15, 0.2) is 16.8 Å². The second-order valence-corrected chi connectivity index (χ2v) is 5.49. The van der Waals surface area contributed by atoms with Crippen molar-refractivity contribution in [1.29, 1.82) is 0 Å². The number of hydrogen-bond donors (Lipinski definition) is 0. The Morgan fingerprint density at radius 1 is 1.35 bits per heavy atom. The van der Waals surface area contributed by atoms with Crippen LogP contribution in [0.4, 0.5) is 0 Å². The maximum atomic E-state index is 5.28. The first-order valence-electron chi connectivity index (χ1n) is 7.22. The predicted molar refractivity (Wildman–Crippen MR) is 74.4 cm³/mol. The van der Waals surface area contributed by atoms with Crippen LogP contribution in [0.25, 0.3) is 0 Å². The Kier molecular flexibility index (Phi) is 3.82. The van der Waals surface area contributed by atoms with Crippen LogP contribution in [0.2, 0.25) is 0 Å². The topological polar surface area (TPSA) is 60.0 Å². The molecule has 0 aliphatic carbocycles. The first-order valence-corrected chi connectivity index (χ1v) is 7.22. The summed E-state index contributed by atoms with van der Waals surface area (Å²) in [6.45, 7) is 5.17. The van der Waals surface area contributed by atoms with Gasteiger partial charge in [-0.15, -0.1) is 0 Å². The van der Waals surface area contributed by atoms with Crippen LogP contribution in [-0.4, -0.2) is 44.5 Å². The summed E-state index contributed by atoms with van der Waals surface area (Å²) < 4.78 is 7.23. The second kappa shape index (κ2) is 5.75. The number of nitrogens with zero attached hydrogens (tertiary/aromatic N) is 5. The van der Waals surface area contributed by atoms with E-state index in [4.69, 9.17) is 4.52 Å². The van der Waals surface area contributed by atoms with Crippen LogP contribution in [-0.2, 0) is 13.5 Å². The minimum Gasteiger partial charge on any atom is -0.339 e. The quantitative estimate of drug-likeness (QED) is 0.847. The third-order valence-corrected chi connectivity index (χ3v) is 4.09. The van der Waals surface area contributed by atoms with Gasteiger partial charge in [-0.1, -0.05) is 5.16 Å². The zero-order valence-electron chi connectivity index (χ0n) is 12.1. The minimum absolute atomic E-state index is 0.434. The standard InChI is InChI=1S/C14H21N5O/c1-11-16-14(20-17-11)12-4-8-19(9-5-12)10-6-13-3-7-15-18(13)2/h3,7,12H,4-6,8-10H2,1-2H3. The van der Waals surface area contributed by atoms with Crippen LogP contribution in [0.3, 0.4) is 0 Å². The van der Waals surface area contributed by atoms with E-state index in [1.54, 1.807) is 0 Å². The van der Waals surface area contributed by atoms with E-state index in [0.717, 1.165) is 50.6 Å². The predicted octanol–water partition coefficient (Wildman–Crippen LogP) is 1.53. The average molecular weight is 275 g/mol. The highest BCUT2D eigenvalue weighted by molar-refractivity contribution is 5.01. The fraction of sp³-hybridized carbons (Fsp3) is 0.643. The Bertz CT molecular complexity index is 553. The van der Waals surface area contributed by atoms with E-state index in [-0.39, 0.29) is 0 Å². The number of piperidine rings is 1. The average Bonchev–Trinajstić information content (AvgIpc) is 3.06. The Labute approximate surface area is 118 Å². The first kappa shape index (κ1) is 13.3. The molecule has 0 N–H and O–H groups in total. The molecule has 1 aliphatic heterocycles. The molecular weight excluding hydrogens is 254 g/mol. The molecule has 2 aromatic heterocycles. The first-order chi connectivity index (χ1) is 9.72. The third kappa shape index (κ3) is 2.90. The number of likely N-dealkylation sites (tertiary alicyclic amines) is 1. The molecule has 20 heavy (non-hydrogen) atoms. The third-order valence-electron chi connectivity index (χ3n) is 4.09. The van der Waals surface area contributed by atoms with Crippen molar-refractivity contribution < 1.29 is 4.52 Å². The molecule has 0 unspecified atom stereocenters. The van der Waals surface area contributed by atoms with Gasteiger partial charge in [0.25, 0.3) is 0 Å². The van der Waals surface area contributed by atoms with Crippen molar-refractivity contribution >= 4 is 0 Å². The molecule has 108 valence electrons. The monoisotopic (exact) mass is 275 g/mol. The summed E-state index contributed by atoms with van der Waals surface area (Å²) in [4.78, 5) is 6.86. The van der Waals surface area contributed by atoms with Gasteiger partial charge in [0.05, 0.1) is 0 Å². The molecule has 0 saturated carbocycles. The molecule has 0 bridgehead atoms. The highest BCUT2D eigenvalue weighted by Gasteiger charge is 2.24. The van der Waals surface area contributed by atoms with E-state index < -0.39 is 0 Å². The number of rotatable bonds is 4. The summed E-state index contributed by atoms with van der Waals surface area (Å²) >= 11 is 0. The van der Waals surface area contributed by atoms with E-state index in [1.807, 2.05) is 24.9 Å². The van der Waals surface area contributed by atoms with Gasteiger partial charge in [0, 0.05) is 37.8 Å². The molecule has 0 aromatic carbocycles. The van der Waals surface area contributed by atoms with Crippen molar-refractivity contribution in [2.75, 3.05) is 19.6 Å². The second-order valence-electron chi connectivity index (χ2n) is 5.49. The molecule has 1 saturated heterocycles. The van der Waals surface area contributed by atoms with Gasteiger partial charge in [-0.25, -0.2) is 0 Å². The van der Waals surface area contributed by atoms with Crippen LogP contribution < -0.4 is 0 Å². The van der Waals surface area contributed by atoms with Crippen LogP contribution >= 0.6 is 0 Å². The zero-order chi connectivity index (χ0) is 13.9. The van der Waals surface area contributed by atoms with Crippen molar-refractivity contribution in [2.45, 2.75) is 32.1 Å². The molecule has 1 aliphatic rings. The Morgan fingerprint density at radius 3 is 2.75 bits per heavy atom. The van der Waals surface area contributed by atoms with Crippen molar-refractivity contribution in [2.24, 2.45) is 7.05 Å². The molecule has 6 heteroatoms. The molecular formula is C14H21N5O. The van der Waals surface area contributed by atoms with E-state index in [9.17, 15) is 0 Å². The Balaban J connectivity index is 1.48. The molecule has 3 rings (SSSR count). The van der Waals surface area contributed by atoms with Gasteiger partial charge >= 0.3 is 0 Å².